The lowest BCUT2D eigenvalue weighted by molar-refractivity contribution is 0.167. The summed E-state index contributed by atoms with van der Waals surface area (Å²) in [5.41, 5.74) is 7.98. The molecule has 110 valence electrons. The third kappa shape index (κ3) is 3.73. The van der Waals surface area contributed by atoms with E-state index in [-0.39, 0.29) is 6.03 Å². The molecule has 1 aromatic rings. The first-order valence-corrected chi connectivity index (χ1v) is 7.50. The molecule has 0 bridgehead atoms. The van der Waals surface area contributed by atoms with Crippen molar-refractivity contribution in [2.75, 3.05) is 11.9 Å². The van der Waals surface area contributed by atoms with E-state index in [9.17, 15) is 4.79 Å². The predicted molar refractivity (Wildman–Crippen MR) is 82.8 cm³/mol. The average molecular weight is 275 g/mol. The molecule has 4 nitrogen and oxygen atoms in total. The van der Waals surface area contributed by atoms with Gasteiger partial charge in [0.2, 0.25) is 0 Å². The minimum Gasteiger partial charge on any atom is -0.328 e. The van der Waals surface area contributed by atoms with Crippen molar-refractivity contribution in [3.05, 3.63) is 29.8 Å². The number of carbonyl (C=O) groups is 1. The van der Waals surface area contributed by atoms with E-state index in [4.69, 9.17) is 5.73 Å². The van der Waals surface area contributed by atoms with Crippen LogP contribution in [0.15, 0.2) is 24.3 Å². The summed E-state index contributed by atoms with van der Waals surface area (Å²) in [6, 6.07) is 8.53. The first-order valence-electron chi connectivity index (χ1n) is 7.50. The standard InChI is InChI=1S/C16H25N3O/c1-3-19(15-10-6-13(17)7-11-15)16(20)18-14-8-4-12(2)5-9-14/h4-5,8-9,13,15H,3,6-7,10-11,17H2,1-2H3,(H,18,20). The number of rotatable bonds is 3. The largest absolute Gasteiger partial charge is 0.328 e. The van der Waals surface area contributed by atoms with E-state index in [0.29, 0.717) is 12.1 Å². The van der Waals surface area contributed by atoms with Crippen molar-refractivity contribution < 1.29 is 4.79 Å². The molecule has 2 amide bonds. The maximum atomic E-state index is 12.4. The number of nitrogens with one attached hydrogen (secondary N) is 1. The first-order chi connectivity index (χ1) is 9.60. The van der Waals surface area contributed by atoms with E-state index in [1.807, 2.05) is 43.0 Å². The lowest BCUT2D eigenvalue weighted by Gasteiger charge is -2.35. The average Bonchev–Trinajstić information content (AvgIpc) is 2.44. The topological polar surface area (TPSA) is 58.4 Å². The molecule has 1 aliphatic rings. The smallest absolute Gasteiger partial charge is 0.322 e. The Morgan fingerprint density at radius 1 is 1.25 bits per heavy atom. The molecule has 0 aromatic heterocycles. The Labute approximate surface area is 121 Å². The van der Waals surface area contributed by atoms with Crippen LogP contribution >= 0.6 is 0 Å². The van der Waals surface area contributed by atoms with E-state index in [1.54, 1.807) is 0 Å². The Balaban J connectivity index is 1.96. The van der Waals surface area contributed by atoms with Gasteiger partial charge < -0.3 is 16.0 Å². The molecule has 1 saturated carbocycles. The molecule has 0 radical (unpaired) electrons. The number of carbonyl (C=O) groups excluding carboxylic acids is 1. The molecule has 0 aliphatic heterocycles. The van der Waals surface area contributed by atoms with E-state index in [2.05, 4.69) is 5.32 Å². The van der Waals surface area contributed by atoms with E-state index >= 15 is 0 Å². The summed E-state index contributed by atoms with van der Waals surface area (Å²) >= 11 is 0. The Kier molecular flexibility index (Phi) is 5.01. The number of nitrogens with two attached hydrogens (primary N) is 1. The molecule has 0 saturated heterocycles. The van der Waals surface area contributed by atoms with Crippen LogP contribution in [0.4, 0.5) is 10.5 Å². The zero-order valence-corrected chi connectivity index (χ0v) is 12.4. The number of benzene rings is 1. The number of urea groups is 1. The summed E-state index contributed by atoms with van der Waals surface area (Å²) in [6.07, 6.45) is 4.05. The Morgan fingerprint density at radius 2 is 1.85 bits per heavy atom. The second kappa shape index (κ2) is 6.75. The van der Waals surface area contributed by atoms with Gasteiger partial charge in [0.25, 0.3) is 0 Å². The van der Waals surface area contributed by atoms with Crippen molar-refractivity contribution in [2.24, 2.45) is 5.73 Å². The number of hydrogen-bond acceptors (Lipinski definition) is 2. The van der Waals surface area contributed by atoms with Crippen molar-refractivity contribution in [2.45, 2.75) is 51.6 Å². The van der Waals surface area contributed by atoms with Crippen LogP contribution in [-0.4, -0.2) is 29.6 Å². The highest BCUT2D eigenvalue weighted by Gasteiger charge is 2.26. The maximum absolute atomic E-state index is 12.4. The molecule has 20 heavy (non-hydrogen) atoms. The van der Waals surface area contributed by atoms with Crippen molar-refractivity contribution in [3.63, 3.8) is 0 Å². The fourth-order valence-corrected chi connectivity index (χ4v) is 2.81. The van der Waals surface area contributed by atoms with Gasteiger partial charge in [-0.1, -0.05) is 17.7 Å². The lowest BCUT2D eigenvalue weighted by atomic mass is 9.91. The van der Waals surface area contributed by atoms with Crippen LogP contribution in [0, 0.1) is 6.92 Å². The summed E-state index contributed by atoms with van der Waals surface area (Å²) in [7, 11) is 0. The minimum absolute atomic E-state index is 0.00294. The maximum Gasteiger partial charge on any atom is 0.322 e. The van der Waals surface area contributed by atoms with Crippen LogP contribution in [0.3, 0.4) is 0 Å². The molecule has 3 N–H and O–H groups in total. The fraction of sp³-hybridized carbons (Fsp3) is 0.562. The van der Waals surface area contributed by atoms with Gasteiger partial charge in [-0.15, -0.1) is 0 Å². The van der Waals surface area contributed by atoms with Gasteiger partial charge in [-0.05, 0) is 51.7 Å². The number of nitrogens with zero attached hydrogens (tertiary/aromatic N) is 1. The molecule has 1 aromatic carbocycles. The number of hydrogen-bond donors (Lipinski definition) is 2. The SMILES string of the molecule is CCN(C(=O)Nc1ccc(C)cc1)C1CCC(N)CC1. The van der Waals surface area contributed by atoms with Crippen LogP contribution in [-0.2, 0) is 0 Å². The van der Waals surface area contributed by atoms with Crippen LogP contribution in [0.1, 0.15) is 38.2 Å². The van der Waals surface area contributed by atoms with Gasteiger partial charge in [0.1, 0.15) is 0 Å². The fourth-order valence-electron chi connectivity index (χ4n) is 2.81. The van der Waals surface area contributed by atoms with Gasteiger partial charge in [-0.2, -0.15) is 0 Å². The summed E-state index contributed by atoms with van der Waals surface area (Å²) in [4.78, 5) is 14.3. The van der Waals surface area contributed by atoms with Gasteiger partial charge in [-0.3, -0.25) is 0 Å². The van der Waals surface area contributed by atoms with E-state index < -0.39 is 0 Å². The Bertz CT molecular complexity index is 436. The normalized spacial score (nSPS) is 22.4. The molecule has 4 heteroatoms. The van der Waals surface area contributed by atoms with Crippen molar-refractivity contribution in [1.29, 1.82) is 0 Å². The molecule has 0 unspecified atom stereocenters. The number of aryl methyl sites for hydroxylation is 1. The Hall–Kier alpha value is -1.55. The molecule has 0 heterocycles. The highest BCUT2D eigenvalue weighted by Crippen LogP contribution is 2.22. The predicted octanol–water partition coefficient (Wildman–Crippen LogP) is 3.12. The summed E-state index contributed by atoms with van der Waals surface area (Å²) in [6.45, 7) is 4.80. The quantitative estimate of drug-likeness (QED) is 0.890. The summed E-state index contributed by atoms with van der Waals surface area (Å²) in [5.74, 6) is 0. The molecule has 0 atom stereocenters. The second-order valence-electron chi connectivity index (χ2n) is 5.65. The highest BCUT2D eigenvalue weighted by atomic mass is 16.2. The van der Waals surface area contributed by atoms with Gasteiger partial charge in [0.05, 0.1) is 0 Å². The molecule has 1 aliphatic carbocycles. The lowest BCUT2D eigenvalue weighted by Crippen LogP contribution is -2.46. The van der Waals surface area contributed by atoms with Crippen LogP contribution < -0.4 is 11.1 Å². The molecule has 0 spiro atoms. The van der Waals surface area contributed by atoms with Crippen molar-refractivity contribution >= 4 is 11.7 Å². The van der Waals surface area contributed by atoms with Gasteiger partial charge >= 0.3 is 6.03 Å². The molecule has 1 fully saturated rings. The van der Waals surface area contributed by atoms with Crippen molar-refractivity contribution in [1.82, 2.24) is 4.90 Å². The van der Waals surface area contributed by atoms with Crippen LogP contribution in [0.2, 0.25) is 0 Å². The second-order valence-corrected chi connectivity index (χ2v) is 5.65. The van der Waals surface area contributed by atoms with Crippen molar-refractivity contribution in [3.8, 4) is 0 Å². The zero-order chi connectivity index (χ0) is 14.5. The van der Waals surface area contributed by atoms with Crippen LogP contribution in [0.25, 0.3) is 0 Å². The van der Waals surface area contributed by atoms with Gasteiger partial charge in [-0.25, -0.2) is 4.79 Å². The third-order valence-corrected chi connectivity index (χ3v) is 4.09. The summed E-state index contributed by atoms with van der Waals surface area (Å²) in [5, 5.41) is 2.98. The monoisotopic (exact) mass is 275 g/mol. The first kappa shape index (κ1) is 14.9. The zero-order valence-electron chi connectivity index (χ0n) is 12.4. The van der Waals surface area contributed by atoms with Crippen LogP contribution in [0.5, 0.6) is 0 Å². The molecular formula is C16H25N3O. The number of amides is 2. The number of anilines is 1. The highest BCUT2D eigenvalue weighted by molar-refractivity contribution is 5.89. The van der Waals surface area contributed by atoms with E-state index in [1.165, 1.54) is 5.56 Å². The summed E-state index contributed by atoms with van der Waals surface area (Å²) < 4.78 is 0. The minimum atomic E-state index is -0.00294. The molecule has 2 rings (SSSR count). The third-order valence-electron chi connectivity index (χ3n) is 4.09. The Morgan fingerprint density at radius 3 is 2.40 bits per heavy atom. The van der Waals surface area contributed by atoms with Gasteiger partial charge in [0, 0.05) is 24.3 Å². The van der Waals surface area contributed by atoms with E-state index in [0.717, 1.165) is 37.9 Å². The molecular weight excluding hydrogens is 250 g/mol. The van der Waals surface area contributed by atoms with Gasteiger partial charge in [0.15, 0.2) is 0 Å².